The maximum Gasteiger partial charge on any atom is 0.258 e. The Hall–Kier alpha value is -1.77. The summed E-state index contributed by atoms with van der Waals surface area (Å²) in [6.07, 6.45) is 3.03. The molecule has 0 unspecified atom stereocenters. The van der Waals surface area contributed by atoms with Crippen LogP contribution < -0.4 is 10.3 Å². The van der Waals surface area contributed by atoms with Crippen molar-refractivity contribution in [1.29, 1.82) is 0 Å². The van der Waals surface area contributed by atoms with Crippen molar-refractivity contribution in [2.75, 3.05) is 0 Å². The number of fused-ring (bicyclic) bond motifs is 1. The molecule has 2 rings (SSSR count). The zero-order valence-electron chi connectivity index (χ0n) is 12.7. The fourth-order valence-corrected chi connectivity index (χ4v) is 2.18. The standard InChI is InChI=1S/C17H23NO2/c1-12(2)7-9-18-10-8-14-11-15(20-13(3)4)5-6-16(14)17(18)19/h5-6,8,10-13H,7,9H2,1-4H3. The topological polar surface area (TPSA) is 31.2 Å². The van der Waals surface area contributed by atoms with E-state index >= 15 is 0 Å². The van der Waals surface area contributed by atoms with Gasteiger partial charge >= 0.3 is 0 Å². The second-order valence-corrected chi connectivity index (χ2v) is 5.91. The van der Waals surface area contributed by atoms with Crippen molar-refractivity contribution in [3.63, 3.8) is 0 Å². The van der Waals surface area contributed by atoms with E-state index < -0.39 is 0 Å². The molecule has 3 heteroatoms. The van der Waals surface area contributed by atoms with Crippen molar-refractivity contribution < 1.29 is 4.74 Å². The van der Waals surface area contributed by atoms with Crippen LogP contribution in [-0.4, -0.2) is 10.7 Å². The summed E-state index contributed by atoms with van der Waals surface area (Å²) in [4.78, 5) is 12.4. The number of ether oxygens (including phenoxy) is 1. The minimum absolute atomic E-state index is 0.0826. The second kappa shape index (κ2) is 6.12. The molecule has 0 spiro atoms. The van der Waals surface area contributed by atoms with Crippen LogP contribution in [0.4, 0.5) is 0 Å². The SMILES string of the molecule is CC(C)CCn1ccc2cc(OC(C)C)ccc2c1=O. The first-order valence-electron chi connectivity index (χ1n) is 7.27. The lowest BCUT2D eigenvalue weighted by molar-refractivity contribution is 0.243. The highest BCUT2D eigenvalue weighted by molar-refractivity contribution is 5.82. The van der Waals surface area contributed by atoms with Crippen molar-refractivity contribution in [3.05, 3.63) is 40.8 Å². The van der Waals surface area contributed by atoms with Gasteiger partial charge in [0, 0.05) is 18.1 Å². The fourth-order valence-electron chi connectivity index (χ4n) is 2.18. The highest BCUT2D eigenvalue weighted by Crippen LogP contribution is 2.19. The third-order valence-electron chi connectivity index (χ3n) is 3.27. The van der Waals surface area contributed by atoms with Crippen LogP contribution in [0.15, 0.2) is 35.3 Å². The van der Waals surface area contributed by atoms with Gasteiger partial charge in [0.25, 0.3) is 5.56 Å². The third-order valence-corrected chi connectivity index (χ3v) is 3.27. The van der Waals surface area contributed by atoms with Crippen LogP contribution in [0.3, 0.4) is 0 Å². The molecule has 0 N–H and O–H groups in total. The second-order valence-electron chi connectivity index (χ2n) is 5.91. The summed E-state index contributed by atoms with van der Waals surface area (Å²) in [5, 5.41) is 1.70. The fraction of sp³-hybridized carbons (Fsp3) is 0.471. The maximum atomic E-state index is 12.4. The average molecular weight is 273 g/mol. The minimum atomic E-state index is 0.0826. The summed E-state index contributed by atoms with van der Waals surface area (Å²) < 4.78 is 7.46. The van der Waals surface area contributed by atoms with E-state index in [4.69, 9.17) is 4.74 Å². The number of hydrogen-bond donors (Lipinski definition) is 0. The van der Waals surface area contributed by atoms with Crippen molar-refractivity contribution in [2.24, 2.45) is 5.92 Å². The molecule has 0 saturated heterocycles. The van der Waals surface area contributed by atoms with E-state index in [9.17, 15) is 4.79 Å². The molecule has 2 aromatic rings. The van der Waals surface area contributed by atoms with E-state index in [1.807, 2.05) is 44.3 Å². The van der Waals surface area contributed by atoms with E-state index in [0.29, 0.717) is 5.92 Å². The molecule has 20 heavy (non-hydrogen) atoms. The minimum Gasteiger partial charge on any atom is -0.491 e. The van der Waals surface area contributed by atoms with Gasteiger partial charge in [-0.25, -0.2) is 0 Å². The quantitative estimate of drug-likeness (QED) is 0.829. The van der Waals surface area contributed by atoms with Gasteiger partial charge in [-0.15, -0.1) is 0 Å². The molecule has 0 radical (unpaired) electrons. The van der Waals surface area contributed by atoms with Gasteiger partial charge in [-0.2, -0.15) is 0 Å². The lowest BCUT2D eigenvalue weighted by Gasteiger charge is -2.12. The molecule has 108 valence electrons. The van der Waals surface area contributed by atoms with Gasteiger partial charge in [-0.3, -0.25) is 4.79 Å². The predicted molar refractivity (Wildman–Crippen MR) is 83.4 cm³/mol. The molecule has 0 aliphatic carbocycles. The Morgan fingerprint density at radius 2 is 1.90 bits per heavy atom. The van der Waals surface area contributed by atoms with Crippen LogP contribution in [-0.2, 0) is 6.54 Å². The van der Waals surface area contributed by atoms with Crippen molar-refractivity contribution in [2.45, 2.75) is 46.8 Å². The van der Waals surface area contributed by atoms with E-state index in [1.54, 1.807) is 4.57 Å². The molecular weight excluding hydrogens is 250 g/mol. The molecule has 0 aliphatic rings. The lowest BCUT2D eigenvalue weighted by Crippen LogP contribution is -2.20. The zero-order valence-corrected chi connectivity index (χ0v) is 12.7. The van der Waals surface area contributed by atoms with Gasteiger partial charge in [-0.1, -0.05) is 13.8 Å². The van der Waals surface area contributed by atoms with Crippen molar-refractivity contribution in [1.82, 2.24) is 4.57 Å². The molecule has 0 amide bonds. The summed E-state index contributed by atoms with van der Waals surface area (Å²) in [7, 11) is 0. The molecular formula is C17H23NO2. The molecule has 1 aromatic carbocycles. The predicted octanol–water partition coefficient (Wildman–Crippen LogP) is 3.83. The Kier molecular flexibility index (Phi) is 4.48. The molecule has 3 nitrogen and oxygen atoms in total. The van der Waals surface area contributed by atoms with E-state index in [-0.39, 0.29) is 11.7 Å². The first-order valence-corrected chi connectivity index (χ1v) is 7.27. The van der Waals surface area contributed by atoms with Crippen LogP contribution in [0.2, 0.25) is 0 Å². The van der Waals surface area contributed by atoms with E-state index in [1.165, 1.54) is 0 Å². The first kappa shape index (κ1) is 14.6. The molecule has 0 bridgehead atoms. The van der Waals surface area contributed by atoms with Crippen LogP contribution in [0, 0.1) is 5.92 Å². The normalized spacial score (nSPS) is 11.5. The van der Waals surface area contributed by atoms with E-state index in [2.05, 4.69) is 13.8 Å². The van der Waals surface area contributed by atoms with Gasteiger partial charge in [-0.05, 0) is 55.8 Å². The zero-order chi connectivity index (χ0) is 14.7. The van der Waals surface area contributed by atoms with E-state index in [0.717, 1.165) is 29.5 Å². The third kappa shape index (κ3) is 3.41. The largest absolute Gasteiger partial charge is 0.491 e. The highest BCUT2D eigenvalue weighted by Gasteiger charge is 2.06. The number of pyridine rings is 1. The van der Waals surface area contributed by atoms with Crippen LogP contribution >= 0.6 is 0 Å². The molecule has 1 aromatic heterocycles. The van der Waals surface area contributed by atoms with Crippen LogP contribution in [0.25, 0.3) is 10.8 Å². The monoisotopic (exact) mass is 273 g/mol. The lowest BCUT2D eigenvalue weighted by atomic mass is 10.1. The Balaban J connectivity index is 2.34. The van der Waals surface area contributed by atoms with Gasteiger partial charge in [0.05, 0.1) is 6.10 Å². The van der Waals surface area contributed by atoms with Gasteiger partial charge in [0.1, 0.15) is 5.75 Å². The number of aromatic nitrogens is 1. The van der Waals surface area contributed by atoms with Gasteiger partial charge < -0.3 is 9.30 Å². The van der Waals surface area contributed by atoms with Crippen molar-refractivity contribution in [3.8, 4) is 5.75 Å². The number of nitrogens with zero attached hydrogens (tertiary/aromatic N) is 1. The maximum absolute atomic E-state index is 12.4. The summed E-state index contributed by atoms with van der Waals surface area (Å²) in [5.74, 6) is 1.41. The molecule has 0 fully saturated rings. The Bertz CT molecular complexity index is 641. The van der Waals surface area contributed by atoms with Gasteiger partial charge in [0.15, 0.2) is 0 Å². The highest BCUT2D eigenvalue weighted by atomic mass is 16.5. The Labute approximate surface area is 120 Å². The number of hydrogen-bond acceptors (Lipinski definition) is 2. The summed E-state index contributed by atoms with van der Waals surface area (Å²) in [6, 6.07) is 7.66. The smallest absolute Gasteiger partial charge is 0.258 e. The van der Waals surface area contributed by atoms with Crippen LogP contribution in [0.5, 0.6) is 5.75 Å². The molecule has 0 atom stereocenters. The molecule has 1 heterocycles. The summed E-state index contributed by atoms with van der Waals surface area (Å²) in [5.41, 5.74) is 0.0826. The Morgan fingerprint density at radius 3 is 2.55 bits per heavy atom. The summed E-state index contributed by atoms with van der Waals surface area (Å²) >= 11 is 0. The summed E-state index contributed by atoms with van der Waals surface area (Å²) in [6.45, 7) is 9.10. The number of aryl methyl sites for hydroxylation is 1. The molecule has 0 saturated carbocycles. The number of rotatable bonds is 5. The van der Waals surface area contributed by atoms with Gasteiger partial charge in [0.2, 0.25) is 0 Å². The first-order chi connectivity index (χ1) is 9.47. The molecule has 0 aliphatic heterocycles. The van der Waals surface area contributed by atoms with Crippen LogP contribution in [0.1, 0.15) is 34.1 Å². The van der Waals surface area contributed by atoms with Crippen molar-refractivity contribution >= 4 is 10.8 Å². The number of benzene rings is 1. The average Bonchev–Trinajstić information content (AvgIpc) is 2.37. The Morgan fingerprint density at radius 1 is 1.15 bits per heavy atom.